The van der Waals surface area contributed by atoms with E-state index in [1.165, 1.54) is 23.1 Å². The molecule has 1 aromatic carbocycles. The summed E-state index contributed by atoms with van der Waals surface area (Å²) in [5.41, 5.74) is 3.94. The molecule has 0 saturated heterocycles. The van der Waals surface area contributed by atoms with Gasteiger partial charge in [0.1, 0.15) is 0 Å². The van der Waals surface area contributed by atoms with E-state index in [1.54, 1.807) is 0 Å². The summed E-state index contributed by atoms with van der Waals surface area (Å²) in [6, 6.07) is 13.4. The van der Waals surface area contributed by atoms with Crippen molar-refractivity contribution < 1.29 is 0 Å². The average molecular weight is 254 g/mol. The molecule has 1 atom stereocenters. The molecule has 0 bridgehead atoms. The van der Waals surface area contributed by atoms with Crippen molar-refractivity contribution in [2.24, 2.45) is 0 Å². The molecule has 0 aliphatic carbocycles. The zero-order valence-electron chi connectivity index (χ0n) is 11.8. The van der Waals surface area contributed by atoms with E-state index in [0.717, 1.165) is 13.0 Å². The molecular formula is C17H22N2. The number of nitrogens with zero attached hydrogens (tertiary/aromatic N) is 1. The molecular weight excluding hydrogens is 232 g/mol. The Balaban J connectivity index is 1.98. The first kappa shape index (κ1) is 13.8. The third-order valence-corrected chi connectivity index (χ3v) is 3.31. The summed E-state index contributed by atoms with van der Waals surface area (Å²) in [6.45, 7) is 5.47. The number of pyridine rings is 1. The van der Waals surface area contributed by atoms with Crippen LogP contribution in [0.3, 0.4) is 0 Å². The molecule has 100 valence electrons. The van der Waals surface area contributed by atoms with Crippen LogP contribution in [0.5, 0.6) is 0 Å². The van der Waals surface area contributed by atoms with Crippen molar-refractivity contribution in [1.29, 1.82) is 0 Å². The molecule has 19 heavy (non-hydrogen) atoms. The Hall–Kier alpha value is -1.67. The Morgan fingerprint density at radius 1 is 1.11 bits per heavy atom. The first-order valence-corrected chi connectivity index (χ1v) is 7.00. The summed E-state index contributed by atoms with van der Waals surface area (Å²) in [4.78, 5) is 4.15. The molecule has 0 spiro atoms. The SMILES string of the molecule is CCCNC(C)c1ccc(Cc2cccnc2)cc1. The van der Waals surface area contributed by atoms with Gasteiger partial charge in [-0.05, 0) is 49.1 Å². The van der Waals surface area contributed by atoms with E-state index in [9.17, 15) is 0 Å². The molecule has 1 heterocycles. The predicted octanol–water partition coefficient (Wildman–Crippen LogP) is 3.73. The highest BCUT2D eigenvalue weighted by Gasteiger charge is 2.04. The van der Waals surface area contributed by atoms with Crippen LogP contribution in [0.25, 0.3) is 0 Å². The van der Waals surface area contributed by atoms with Gasteiger partial charge in [0.05, 0.1) is 0 Å². The van der Waals surface area contributed by atoms with Gasteiger partial charge in [0.15, 0.2) is 0 Å². The van der Waals surface area contributed by atoms with E-state index in [0.29, 0.717) is 6.04 Å². The standard InChI is InChI=1S/C17H22N2/c1-3-10-19-14(2)17-8-6-15(7-9-17)12-16-5-4-11-18-13-16/h4-9,11,13-14,19H,3,10,12H2,1-2H3. The van der Waals surface area contributed by atoms with Gasteiger partial charge in [0, 0.05) is 18.4 Å². The number of rotatable bonds is 6. The molecule has 2 aromatic rings. The highest BCUT2D eigenvalue weighted by Crippen LogP contribution is 2.15. The molecule has 1 N–H and O–H groups in total. The lowest BCUT2D eigenvalue weighted by Gasteiger charge is -2.14. The second-order valence-electron chi connectivity index (χ2n) is 4.96. The Morgan fingerprint density at radius 3 is 2.53 bits per heavy atom. The second kappa shape index (κ2) is 7.05. The van der Waals surface area contributed by atoms with Crippen molar-refractivity contribution in [1.82, 2.24) is 10.3 Å². The van der Waals surface area contributed by atoms with Crippen molar-refractivity contribution in [2.45, 2.75) is 32.7 Å². The molecule has 2 nitrogen and oxygen atoms in total. The van der Waals surface area contributed by atoms with Crippen molar-refractivity contribution in [3.05, 3.63) is 65.5 Å². The van der Waals surface area contributed by atoms with Crippen molar-refractivity contribution in [3.63, 3.8) is 0 Å². The summed E-state index contributed by atoms with van der Waals surface area (Å²) in [5.74, 6) is 0. The van der Waals surface area contributed by atoms with Crippen LogP contribution in [-0.2, 0) is 6.42 Å². The lowest BCUT2D eigenvalue weighted by atomic mass is 10.0. The molecule has 0 radical (unpaired) electrons. The zero-order chi connectivity index (χ0) is 13.5. The van der Waals surface area contributed by atoms with E-state index < -0.39 is 0 Å². The molecule has 0 amide bonds. The predicted molar refractivity (Wildman–Crippen MR) is 80.2 cm³/mol. The molecule has 0 aliphatic heterocycles. The molecule has 0 fully saturated rings. The summed E-state index contributed by atoms with van der Waals surface area (Å²) in [5, 5.41) is 3.51. The minimum Gasteiger partial charge on any atom is -0.310 e. The summed E-state index contributed by atoms with van der Waals surface area (Å²) < 4.78 is 0. The van der Waals surface area contributed by atoms with Crippen LogP contribution in [0.4, 0.5) is 0 Å². The zero-order valence-corrected chi connectivity index (χ0v) is 11.8. The number of hydrogen-bond acceptors (Lipinski definition) is 2. The second-order valence-corrected chi connectivity index (χ2v) is 4.96. The lowest BCUT2D eigenvalue weighted by molar-refractivity contribution is 0.570. The van der Waals surface area contributed by atoms with Crippen LogP contribution in [0.1, 0.15) is 43.0 Å². The maximum atomic E-state index is 4.15. The van der Waals surface area contributed by atoms with Gasteiger partial charge in [-0.1, -0.05) is 37.3 Å². The minimum atomic E-state index is 0.424. The fourth-order valence-electron chi connectivity index (χ4n) is 2.14. The Bertz CT molecular complexity index is 476. The maximum absolute atomic E-state index is 4.15. The molecule has 1 aromatic heterocycles. The van der Waals surface area contributed by atoms with E-state index >= 15 is 0 Å². The third-order valence-electron chi connectivity index (χ3n) is 3.31. The maximum Gasteiger partial charge on any atom is 0.0303 e. The quantitative estimate of drug-likeness (QED) is 0.849. The smallest absolute Gasteiger partial charge is 0.0303 e. The highest BCUT2D eigenvalue weighted by molar-refractivity contribution is 5.28. The first-order valence-electron chi connectivity index (χ1n) is 7.00. The number of benzene rings is 1. The van der Waals surface area contributed by atoms with Gasteiger partial charge < -0.3 is 5.32 Å². The van der Waals surface area contributed by atoms with E-state index in [1.807, 2.05) is 18.5 Å². The molecule has 0 aliphatic rings. The van der Waals surface area contributed by atoms with Crippen LogP contribution >= 0.6 is 0 Å². The van der Waals surface area contributed by atoms with Gasteiger partial charge in [-0.15, -0.1) is 0 Å². The highest BCUT2D eigenvalue weighted by atomic mass is 14.9. The van der Waals surface area contributed by atoms with Crippen LogP contribution in [0.15, 0.2) is 48.8 Å². The van der Waals surface area contributed by atoms with E-state index in [4.69, 9.17) is 0 Å². The number of hydrogen-bond donors (Lipinski definition) is 1. The van der Waals surface area contributed by atoms with Gasteiger partial charge in [-0.25, -0.2) is 0 Å². The van der Waals surface area contributed by atoms with Crippen LogP contribution in [0.2, 0.25) is 0 Å². The third kappa shape index (κ3) is 4.18. The summed E-state index contributed by atoms with van der Waals surface area (Å²) in [6.07, 6.45) is 5.86. The molecule has 2 heteroatoms. The van der Waals surface area contributed by atoms with Gasteiger partial charge in [0.2, 0.25) is 0 Å². The Kier molecular flexibility index (Phi) is 5.10. The average Bonchev–Trinajstić information content (AvgIpc) is 2.46. The summed E-state index contributed by atoms with van der Waals surface area (Å²) in [7, 11) is 0. The van der Waals surface area contributed by atoms with Gasteiger partial charge in [-0.3, -0.25) is 4.98 Å². The van der Waals surface area contributed by atoms with Crippen molar-refractivity contribution >= 4 is 0 Å². The Labute approximate surface area is 115 Å². The normalized spacial score (nSPS) is 12.3. The molecule has 1 unspecified atom stereocenters. The largest absolute Gasteiger partial charge is 0.310 e. The fraction of sp³-hybridized carbons (Fsp3) is 0.353. The van der Waals surface area contributed by atoms with Crippen LogP contribution < -0.4 is 5.32 Å². The molecule has 0 saturated carbocycles. The van der Waals surface area contributed by atoms with Crippen molar-refractivity contribution in [2.75, 3.05) is 6.54 Å². The van der Waals surface area contributed by atoms with Crippen LogP contribution in [0, 0.1) is 0 Å². The number of nitrogens with one attached hydrogen (secondary N) is 1. The summed E-state index contributed by atoms with van der Waals surface area (Å²) >= 11 is 0. The van der Waals surface area contributed by atoms with Crippen LogP contribution in [-0.4, -0.2) is 11.5 Å². The minimum absolute atomic E-state index is 0.424. The van der Waals surface area contributed by atoms with E-state index in [-0.39, 0.29) is 0 Å². The van der Waals surface area contributed by atoms with Gasteiger partial charge in [0.25, 0.3) is 0 Å². The molecule has 2 rings (SSSR count). The first-order chi connectivity index (χ1) is 9.29. The van der Waals surface area contributed by atoms with Gasteiger partial charge in [-0.2, -0.15) is 0 Å². The topological polar surface area (TPSA) is 24.9 Å². The fourth-order valence-corrected chi connectivity index (χ4v) is 2.14. The van der Waals surface area contributed by atoms with Crippen molar-refractivity contribution in [3.8, 4) is 0 Å². The van der Waals surface area contributed by atoms with E-state index in [2.05, 4.69) is 54.5 Å². The monoisotopic (exact) mass is 254 g/mol. The lowest BCUT2D eigenvalue weighted by Crippen LogP contribution is -2.19. The Morgan fingerprint density at radius 2 is 1.89 bits per heavy atom. The van der Waals surface area contributed by atoms with Gasteiger partial charge >= 0.3 is 0 Å². The number of aromatic nitrogens is 1.